The number of nitrogens with one attached hydrogen (secondary N) is 2. The molecule has 0 spiro atoms. The first-order valence-corrected chi connectivity index (χ1v) is 10.3. The number of nitrogens with zero attached hydrogens (tertiary/aromatic N) is 2. The van der Waals surface area contributed by atoms with E-state index in [0.29, 0.717) is 22.2 Å². The summed E-state index contributed by atoms with van der Waals surface area (Å²) in [4.78, 5) is 27.3. The Labute approximate surface area is 173 Å². The molecular weight excluding hydrogens is 391 g/mol. The standard InChI is InChI=1S/C21H23FN4O2S/c1-13-3-8-16-17(10-23)21(29-18(16)9-13)25-20(28)12-26(2)11-19(27)24-15-6-4-14(22)5-7-15/h4-7,13H,3,8-9,11-12H2,1-2H3,(H,24,27)(H,25,28)/t13-/m0/s1. The van der Waals surface area contributed by atoms with Gasteiger partial charge in [-0.3, -0.25) is 14.5 Å². The average molecular weight is 415 g/mol. The lowest BCUT2D eigenvalue weighted by Gasteiger charge is -2.17. The number of thiophene rings is 1. The lowest BCUT2D eigenvalue weighted by Crippen LogP contribution is -2.36. The van der Waals surface area contributed by atoms with Gasteiger partial charge in [0.05, 0.1) is 18.7 Å². The molecule has 1 aromatic heterocycles. The van der Waals surface area contributed by atoms with Gasteiger partial charge in [-0.25, -0.2) is 4.39 Å². The Bertz CT molecular complexity index is 949. The van der Waals surface area contributed by atoms with Crippen LogP contribution in [0.1, 0.15) is 29.3 Å². The summed E-state index contributed by atoms with van der Waals surface area (Å²) in [6.07, 6.45) is 2.86. The van der Waals surface area contributed by atoms with Crippen molar-refractivity contribution in [1.29, 1.82) is 5.26 Å². The summed E-state index contributed by atoms with van der Waals surface area (Å²) in [5.41, 5.74) is 2.13. The number of rotatable bonds is 6. The van der Waals surface area contributed by atoms with Crippen molar-refractivity contribution >= 4 is 33.8 Å². The fraction of sp³-hybridized carbons (Fsp3) is 0.381. The molecule has 2 amide bonds. The molecular formula is C21H23FN4O2S. The Morgan fingerprint density at radius 3 is 2.55 bits per heavy atom. The molecule has 3 rings (SSSR count). The van der Waals surface area contributed by atoms with Crippen molar-refractivity contribution in [3.8, 4) is 6.07 Å². The molecule has 1 atom stereocenters. The van der Waals surface area contributed by atoms with Crippen LogP contribution in [0.2, 0.25) is 0 Å². The lowest BCUT2D eigenvalue weighted by atomic mass is 9.89. The topological polar surface area (TPSA) is 85.2 Å². The molecule has 0 saturated heterocycles. The van der Waals surface area contributed by atoms with E-state index in [2.05, 4.69) is 23.6 Å². The second kappa shape index (κ2) is 9.16. The molecule has 1 heterocycles. The molecule has 1 aliphatic rings. The smallest absolute Gasteiger partial charge is 0.239 e. The van der Waals surface area contributed by atoms with Gasteiger partial charge in [0, 0.05) is 10.6 Å². The summed E-state index contributed by atoms with van der Waals surface area (Å²) in [6.45, 7) is 2.22. The van der Waals surface area contributed by atoms with Crippen LogP contribution in [-0.4, -0.2) is 36.9 Å². The van der Waals surface area contributed by atoms with Gasteiger partial charge in [-0.2, -0.15) is 5.26 Å². The van der Waals surface area contributed by atoms with Gasteiger partial charge >= 0.3 is 0 Å². The Balaban J connectivity index is 1.54. The van der Waals surface area contributed by atoms with Crippen LogP contribution in [0.3, 0.4) is 0 Å². The molecule has 2 aromatic rings. The molecule has 152 valence electrons. The Morgan fingerprint density at radius 1 is 1.24 bits per heavy atom. The minimum absolute atomic E-state index is 0.00829. The SMILES string of the molecule is C[C@H]1CCc2c(sc(NC(=O)CN(C)CC(=O)Nc3ccc(F)cc3)c2C#N)C1. The Hall–Kier alpha value is -2.76. The summed E-state index contributed by atoms with van der Waals surface area (Å²) in [5, 5.41) is 15.6. The van der Waals surface area contributed by atoms with Crippen LogP contribution in [0.25, 0.3) is 0 Å². The summed E-state index contributed by atoms with van der Waals surface area (Å²) in [7, 11) is 1.66. The van der Waals surface area contributed by atoms with Crippen molar-refractivity contribution in [2.24, 2.45) is 5.92 Å². The van der Waals surface area contributed by atoms with Crippen molar-refractivity contribution in [1.82, 2.24) is 4.90 Å². The lowest BCUT2D eigenvalue weighted by molar-refractivity contribution is -0.119. The van der Waals surface area contributed by atoms with Gasteiger partial charge in [0.2, 0.25) is 11.8 Å². The molecule has 1 aromatic carbocycles. The maximum Gasteiger partial charge on any atom is 0.239 e. The Morgan fingerprint density at radius 2 is 1.90 bits per heavy atom. The summed E-state index contributed by atoms with van der Waals surface area (Å²) < 4.78 is 12.9. The number of hydrogen-bond donors (Lipinski definition) is 2. The van der Waals surface area contributed by atoms with E-state index < -0.39 is 0 Å². The molecule has 0 saturated carbocycles. The van der Waals surface area contributed by atoms with Gasteiger partial charge in [-0.1, -0.05) is 6.92 Å². The van der Waals surface area contributed by atoms with Crippen LogP contribution in [0.4, 0.5) is 15.1 Å². The third-order valence-electron chi connectivity index (χ3n) is 4.83. The summed E-state index contributed by atoms with van der Waals surface area (Å²) in [5.74, 6) is -0.365. The monoisotopic (exact) mass is 414 g/mol. The zero-order valence-electron chi connectivity index (χ0n) is 16.4. The van der Waals surface area contributed by atoms with E-state index in [9.17, 15) is 19.2 Å². The number of hydrogen-bond acceptors (Lipinski definition) is 5. The summed E-state index contributed by atoms with van der Waals surface area (Å²) in [6, 6.07) is 7.71. The predicted octanol–water partition coefficient (Wildman–Crippen LogP) is 3.39. The van der Waals surface area contributed by atoms with E-state index in [4.69, 9.17) is 0 Å². The highest BCUT2D eigenvalue weighted by Crippen LogP contribution is 2.39. The van der Waals surface area contributed by atoms with Crippen molar-refractivity contribution in [3.05, 3.63) is 46.1 Å². The van der Waals surface area contributed by atoms with Gasteiger partial charge in [-0.05, 0) is 62.1 Å². The fourth-order valence-corrected chi connectivity index (χ4v) is 4.78. The number of likely N-dealkylation sites (N-methyl/N-ethyl adjacent to an activating group) is 1. The van der Waals surface area contributed by atoms with Gasteiger partial charge in [0.1, 0.15) is 16.9 Å². The molecule has 8 heteroatoms. The molecule has 29 heavy (non-hydrogen) atoms. The summed E-state index contributed by atoms with van der Waals surface area (Å²) >= 11 is 1.48. The van der Waals surface area contributed by atoms with E-state index >= 15 is 0 Å². The van der Waals surface area contributed by atoms with Crippen LogP contribution in [0.5, 0.6) is 0 Å². The van der Waals surface area contributed by atoms with E-state index in [0.717, 1.165) is 24.8 Å². The van der Waals surface area contributed by atoms with Crippen molar-refractivity contribution in [2.45, 2.75) is 26.2 Å². The average Bonchev–Trinajstić information content (AvgIpc) is 2.98. The first-order valence-electron chi connectivity index (χ1n) is 9.44. The normalized spacial score (nSPS) is 15.5. The van der Waals surface area contributed by atoms with Gasteiger partial charge in [-0.15, -0.1) is 11.3 Å². The van der Waals surface area contributed by atoms with Gasteiger partial charge in [0.15, 0.2) is 0 Å². The molecule has 0 aliphatic heterocycles. The zero-order chi connectivity index (χ0) is 21.0. The van der Waals surface area contributed by atoms with Crippen LogP contribution in [-0.2, 0) is 22.4 Å². The quantitative estimate of drug-likeness (QED) is 0.759. The number of fused-ring (bicyclic) bond motifs is 1. The second-order valence-corrected chi connectivity index (χ2v) is 8.55. The highest BCUT2D eigenvalue weighted by molar-refractivity contribution is 7.16. The highest BCUT2D eigenvalue weighted by Gasteiger charge is 2.25. The van der Waals surface area contributed by atoms with E-state index in [-0.39, 0.29) is 30.7 Å². The van der Waals surface area contributed by atoms with E-state index in [1.165, 1.54) is 40.5 Å². The third-order valence-corrected chi connectivity index (χ3v) is 6.00. The molecule has 0 unspecified atom stereocenters. The van der Waals surface area contributed by atoms with E-state index in [1.54, 1.807) is 11.9 Å². The van der Waals surface area contributed by atoms with Crippen LogP contribution in [0.15, 0.2) is 24.3 Å². The molecule has 0 radical (unpaired) electrons. The minimum atomic E-state index is -0.377. The van der Waals surface area contributed by atoms with Crippen molar-refractivity contribution in [2.75, 3.05) is 30.8 Å². The third kappa shape index (κ3) is 5.40. The number of anilines is 2. The first kappa shape index (κ1) is 21.0. The van der Waals surface area contributed by atoms with Crippen molar-refractivity contribution < 1.29 is 14.0 Å². The fourth-order valence-electron chi connectivity index (χ4n) is 3.40. The van der Waals surface area contributed by atoms with Crippen LogP contribution < -0.4 is 10.6 Å². The number of amides is 2. The number of halogens is 1. The maximum atomic E-state index is 12.9. The largest absolute Gasteiger partial charge is 0.325 e. The molecule has 0 bridgehead atoms. The Kier molecular flexibility index (Phi) is 6.62. The number of benzene rings is 1. The van der Waals surface area contributed by atoms with Gasteiger partial charge < -0.3 is 10.6 Å². The molecule has 0 fully saturated rings. The second-order valence-electron chi connectivity index (χ2n) is 7.44. The maximum absolute atomic E-state index is 12.9. The number of carbonyl (C=O) groups is 2. The molecule has 6 nitrogen and oxygen atoms in total. The molecule has 1 aliphatic carbocycles. The molecule has 2 N–H and O–H groups in total. The highest BCUT2D eigenvalue weighted by atomic mass is 32.1. The minimum Gasteiger partial charge on any atom is -0.325 e. The first-order chi connectivity index (χ1) is 13.9. The number of nitriles is 1. The number of carbonyl (C=O) groups excluding carboxylic acids is 2. The zero-order valence-corrected chi connectivity index (χ0v) is 17.2. The predicted molar refractivity (Wildman–Crippen MR) is 111 cm³/mol. The van der Waals surface area contributed by atoms with Crippen LogP contribution >= 0.6 is 11.3 Å². The van der Waals surface area contributed by atoms with E-state index in [1.807, 2.05) is 0 Å². The van der Waals surface area contributed by atoms with Crippen molar-refractivity contribution in [3.63, 3.8) is 0 Å². The van der Waals surface area contributed by atoms with Gasteiger partial charge in [0.25, 0.3) is 0 Å². The van der Waals surface area contributed by atoms with Crippen LogP contribution in [0, 0.1) is 23.1 Å².